The number of rotatable bonds is 4. The summed E-state index contributed by atoms with van der Waals surface area (Å²) < 4.78 is 40.3. The summed E-state index contributed by atoms with van der Waals surface area (Å²) >= 11 is 0. The highest BCUT2D eigenvalue weighted by molar-refractivity contribution is 5.71. The van der Waals surface area contributed by atoms with Gasteiger partial charge in [-0.2, -0.15) is 18.2 Å². The monoisotopic (exact) mass is 384 g/mol. The van der Waals surface area contributed by atoms with Gasteiger partial charge in [-0.05, 0) is 42.8 Å². The van der Waals surface area contributed by atoms with E-state index in [4.69, 9.17) is 0 Å². The molecule has 2 aromatic heterocycles. The van der Waals surface area contributed by atoms with E-state index >= 15 is 0 Å². The lowest BCUT2D eigenvalue weighted by atomic mass is 10.2. The van der Waals surface area contributed by atoms with Crippen molar-refractivity contribution in [3.05, 3.63) is 72.1 Å². The van der Waals surface area contributed by atoms with Crippen LogP contribution in [0.4, 0.5) is 36.3 Å². The van der Waals surface area contributed by atoms with E-state index in [1.54, 1.807) is 6.20 Å². The molecule has 9 heteroatoms. The van der Waals surface area contributed by atoms with E-state index in [0.717, 1.165) is 23.4 Å². The van der Waals surface area contributed by atoms with E-state index in [2.05, 4.69) is 25.7 Å². The fourth-order valence-corrected chi connectivity index (χ4v) is 2.72. The van der Waals surface area contributed by atoms with E-state index in [0.29, 0.717) is 17.4 Å². The largest absolute Gasteiger partial charge is 0.416 e. The van der Waals surface area contributed by atoms with Crippen molar-refractivity contribution in [1.29, 1.82) is 0 Å². The molecule has 0 fully saturated rings. The van der Waals surface area contributed by atoms with Gasteiger partial charge in [-0.1, -0.05) is 18.2 Å². The highest BCUT2D eigenvalue weighted by Gasteiger charge is 2.30. The molecule has 0 amide bonds. The van der Waals surface area contributed by atoms with Crippen molar-refractivity contribution in [2.75, 3.05) is 10.6 Å². The van der Waals surface area contributed by atoms with Crippen molar-refractivity contribution in [2.24, 2.45) is 0 Å². The van der Waals surface area contributed by atoms with Gasteiger partial charge in [-0.25, -0.2) is 9.50 Å². The molecule has 0 saturated carbocycles. The lowest BCUT2D eigenvalue weighted by Crippen LogP contribution is -2.05. The second-order valence-corrected chi connectivity index (χ2v) is 6.18. The van der Waals surface area contributed by atoms with Crippen LogP contribution in [0.15, 0.2) is 60.9 Å². The standard InChI is InChI=1S/C19H15F3N6/c1-12-4-2-6-14(10-12)25-18-26-17-16(23-8-9-28(17)27-18)24-15-7-3-5-13(11-15)19(20,21)22/h2-11H,1H3,(H,23,24)(H,25,27). The normalized spacial score (nSPS) is 11.6. The van der Waals surface area contributed by atoms with Gasteiger partial charge in [0.15, 0.2) is 5.82 Å². The lowest BCUT2D eigenvalue weighted by Gasteiger charge is -2.10. The quantitative estimate of drug-likeness (QED) is 0.522. The molecule has 0 bridgehead atoms. The average molecular weight is 384 g/mol. The highest BCUT2D eigenvalue weighted by Crippen LogP contribution is 2.31. The first kappa shape index (κ1) is 17.8. The zero-order chi connectivity index (χ0) is 19.7. The summed E-state index contributed by atoms with van der Waals surface area (Å²) in [6.07, 6.45) is -1.31. The van der Waals surface area contributed by atoms with Crippen molar-refractivity contribution in [3.63, 3.8) is 0 Å². The molecule has 28 heavy (non-hydrogen) atoms. The predicted octanol–water partition coefficient (Wildman–Crippen LogP) is 4.94. The number of fused-ring (bicyclic) bond motifs is 1. The molecule has 0 saturated heterocycles. The predicted molar refractivity (Wildman–Crippen MR) is 100.0 cm³/mol. The maximum atomic E-state index is 12.9. The number of aryl methyl sites for hydroxylation is 1. The topological polar surface area (TPSA) is 67.1 Å². The summed E-state index contributed by atoms with van der Waals surface area (Å²) in [4.78, 5) is 8.58. The molecular weight excluding hydrogens is 369 g/mol. The maximum Gasteiger partial charge on any atom is 0.416 e. The first-order valence-electron chi connectivity index (χ1n) is 8.38. The Morgan fingerprint density at radius 1 is 0.964 bits per heavy atom. The third-order valence-corrected chi connectivity index (χ3v) is 3.98. The molecule has 2 N–H and O–H groups in total. The highest BCUT2D eigenvalue weighted by atomic mass is 19.4. The smallest absolute Gasteiger partial charge is 0.337 e. The number of anilines is 4. The van der Waals surface area contributed by atoms with Crippen LogP contribution in [0.1, 0.15) is 11.1 Å². The van der Waals surface area contributed by atoms with Crippen molar-refractivity contribution >= 4 is 28.8 Å². The molecule has 4 aromatic rings. The Labute approximate surface area is 158 Å². The molecule has 0 unspecified atom stereocenters. The molecule has 2 aromatic carbocycles. The number of hydrogen-bond donors (Lipinski definition) is 2. The third kappa shape index (κ3) is 3.73. The number of halogens is 3. The van der Waals surface area contributed by atoms with Gasteiger partial charge in [0.25, 0.3) is 0 Å². The van der Waals surface area contributed by atoms with Gasteiger partial charge in [0.2, 0.25) is 11.6 Å². The van der Waals surface area contributed by atoms with Gasteiger partial charge in [-0.3, -0.25) is 0 Å². The molecular formula is C19H15F3N6. The fourth-order valence-electron chi connectivity index (χ4n) is 2.72. The Balaban J connectivity index is 1.64. The van der Waals surface area contributed by atoms with Crippen molar-refractivity contribution in [2.45, 2.75) is 13.1 Å². The first-order valence-corrected chi connectivity index (χ1v) is 8.38. The molecule has 0 aliphatic rings. The van der Waals surface area contributed by atoms with Crippen molar-refractivity contribution in [3.8, 4) is 0 Å². The molecule has 142 valence electrons. The molecule has 0 spiro atoms. The van der Waals surface area contributed by atoms with Gasteiger partial charge in [0.05, 0.1) is 5.56 Å². The Bertz CT molecular complexity index is 1140. The molecule has 2 heterocycles. The Morgan fingerprint density at radius 3 is 2.46 bits per heavy atom. The Kier molecular flexibility index (Phi) is 4.34. The Morgan fingerprint density at radius 2 is 1.71 bits per heavy atom. The summed E-state index contributed by atoms with van der Waals surface area (Å²) in [5.74, 6) is 0.650. The lowest BCUT2D eigenvalue weighted by molar-refractivity contribution is -0.137. The van der Waals surface area contributed by atoms with Crippen molar-refractivity contribution in [1.82, 2.24) is 19.6 Å². The minimum Gasteiger partial charge on any atom is -0.337 e. The molecule has 0 radical (unpaired) electrons. The van der Waals surface area contributed by atoms with Crippen LogP contribution < -0.4 is 10.6 Å². The molecule has 0 atom stereocenters. The molecule has 0 aliphatic heterocycles. The number of aromatic nitrogens is 4. The molecule has 4 rings (SSSR count). The summed E-state index contributed by atoms with van der Waals surface area (Å²) in [6, 6.07) is 12.6. The summed E-state index contributed by atoms with van der Waals surface area (Å²) in [6.45, 7) is 1.98. The minimum atomic E-state index is -4.42. The van der Waals surface area contributed by atoms with E-state index < -0.39 is 11.7 Å². The van der Waals surface area contributed by atoms with Gasteiger partial charge in [0, 0.05) is 23.8 Å². The van der Waals surface area contributed by atoms with Crippen LogP contribution in [0.5, 0.6) is 0 Å². The van der Waals surface area contributed by atoms with Crippen LogP contribution in [-0.4, -0.2) is 19.6 Å². The van der Waals surface area contributed by atoms with Crippen molar-refractivity contribution < 1.29 is 13.2 Å². The van der Waals surface area contributed by atoms with Crippen LogP contribution in [0, 0.1) is 6.92 Å². The molecule has 6 nitrogen and oxygen atoms in total. The SMILES string of the molecule is Cc1cccc(Nc2nc3c(Nc4cccc(C(F)(F)F)c4)nccn3n2)c1. The van der Waals surface area contributed by atoms with Gasteiger partial charge < -0.3 is 10.6 Å². The summed E-state index contributed by atoms with van der Waals surface area (Å²) in [5, 5.41) is 10.3. The number of hydrogen-bond acceptors (Lipinski definition) is 5. The van der Waals surface area contributed by atoms with Crippen LogP contribution in [0.3, 0.4) is 0 Å². The van der Waals surface area contributed by atoms with Gasteiger partial charge >= 0.3 is 6.18 Å². The summed E-state index contributed by atoms with van der Waals surface area (Å²) in [7, 11) is 0. The maximum absolute atomic E-state index is 12.9. The number of nitrogens with zero attached hydrogens (tertiary/aromatic N) is 4. The molecule has 0 aliphatic carbocycles. The third-order valence-electron chi connectivity index (χ3n) is 3.98. The van der Waals surface area contributed by atoms with Crippen LogP contribution in [0.2, 0.25) is 0 Å². The van der Waals surface area contributed by atoms with E-state index in [1.807, 2.05) is 31.2 Å². The second-order valence-electron chi connectivity index (χ2n) is 6.18. The number of alkyl halides is 3. The van der Waals surface area contributed by atoms with Crippen LogP contribution >= 0.6 is 0 Å². The zero-order valence-electron chi connectivity index (χ0n) is 14.7. The number of nitrogens with one attached hydrogen (secondary N) is 2. The summed E-state index contributed by atoms with van der Waals surface area (Å²) in [5.41, 5.74) is 1.81. The van der Waals surface area contributed by atoms with Crippen LogP contribution in [0.25, 0.3) is 5.65 Å². The van der Waals surface area contributed by atoms with Gasteiger partial charge in [0.1, 0.15) is 0 Å². The van der Waals surface area contributed by atoms with Crippen LogP contribution in [-0.2, 0) is 6.18 Å². The van der Waals surface area contributed by atoms with E-state index in [1.165, 1.54) is 22.8 Å². The zero-order valence-corrected chi connectivity index (χ0v) is 14.7. The van der Waals surface area contributed by atoms with E-state index in [9.17, 15) is 13.2 Å². The first-order chi connectivity index (χ1) is 13.4. The number of benzene rings is 2. The second kappa shape index (κ2) is 6.84. The Hall–Kier alpha value is -3.62. The fraction of sp³-hybridized carbons (Fsp3) is 0.105. The van der Waals surface area contributed by atoms with E-state index in [-0.39, 0.29) is 5.69 Å². The minimum absolute atomic E-state index is 0.256. The average Bonchev–Trinajstić information content (AvgIpc) is 3.05. The van der Waals surface area contributed by atoms with Gasteiger partial charge in [-0.15, -0.1) is 5.10 Å².